The zero-order valence-electron chi connectivity index (χ0n) is 13.5. The molecule has 0 amide bonds. The van der Waals surface area contributed by atoms with Crippen LogP contribution < -0.4 is 0 Å². The molecule has 0 fully saturated rings. The van der Waals surface area contributed by atoms with Crippen LogP contribution in [0.3, 0.4) is 0 Å². The molecule has 0 aromatic heterocycles. The van der Waals surface area contributed by atoms with Gasteiger partial charge in [-0.1, -0.05) is 32.6 Å². The number of Topliss-reactive ketones (excluding diaryl/α,β-unsaturated/α-hetero) is 1. The fraction of sp³-hybridized carbons (Fsp3) is 0.733. The third kappa shape index (κ3) is 14.5. The van der Waals surface area contributed by atoms with E-state index in [-0.39, 0.29) is 17.7 Å². The van der Waals surface area contributed by atoms with Gasteiger partial charge in [0.15, 0.2) is 0 Å². The van der Waals surface area contributed by atoms with Crippen molar-refractivity contribution >= 4 is 23.7 Å². The average Bonchev–Trinajstić information content (AvgIpc) is 2.42. The molecular weight excluding hydrogens is 292 g/mol. The lowest BCUT2D eigenvalue weighted by molar-refractivity contribution is -0.159. The van der Waals surface area contributed by atoms with Crippen LogP contribution in [0.5, 0.6) is 0 Å². The zero-order valence-corrected chi connectivity index (χ0v) is 13.5. The molecular formula is C15H26O7. The van der Waals surface area contributed by atoms with E-state index >= 15 is 0 Å². The number of esters is 1. The summed E-state index contributed by atoms with van der Waals surface area (Å²) in [5.41, 5.74) is 0. The van der Waals surface area contributed by atoms with Gasteiger partial charge in [-0.2, -0.15) is 0 Å². The van der Waals surface area contributed by atoms with Crippen LogP contribution in [0.4, 0.5) is 0 Å². The number of ether oxygens (including phenoxy) is 1. The quantitative estimate of drug-likeness (QED) is 0.380. The van der Waals surface area contributed by atoms with Crippen molar-refractivity contribution in [2.45, 2.75) is 59.3 Å². The number of carbonyl (C=O) groups excluding carboxylic acids is 2. The van der Waals surface area contributed by atoms with Gasteiger partial charge in [0.1, 0.15) is 5.78 Å². The lowest BCUT2D eigenvalue weighted by Gasteiger charge is -2.13. The predicted molar refractivity (Wildman–Crippen MR) is 79.5 cm³/mol. The normalized spacial score (nSPS) is 10.9. The Morgan fingerprint density at radius 1 is 0.955 bits per heavy atom. The van der Waals surface area contributed by atoms with Crippen LogP contribution in [0.1, 0.15) is 59.3 Å². The molecule has 0 rings (SSSR count). The van der Waals surface area contributed by atoms with Crippen LogP contribution >= 0.6 is 0 Å². The van der Waals surface area contributed by atoms with Crippen molar-refractivity contribution < 1.29 is 34.1 Å². The van der Waals surface area contributed by atoms with E-state index < -0.39 is 11.9 Å². The number of rotatable bonds is 9. The second kappa shape index (κ2) is 14.0. The summed E-state index contributed by atoms with van der Waals surface area (Å²) in [6.45, 7) is 5.86. The fourth-order valence-electron chi connectivity index (χ4n) is 1.73. The summed E-state index contributed by atoms with van der Waals surface area (Å²) in [6.07, 6.45) is 5.60. The van der Waals surface area contributed by atoms with Gasteiger partial charge in [-0.15, -0.1) is 0 Å². The molecule has 0 aromatic carbocycles. The first-order chi connectivity index (χ1) is 10.3. The van der Waals surface area contributed by atoms with Gasteiger partial charge >= 0.3 is 17.9 Å². The summed E-state index contributed by atoms with van der Waals surface area (Å²) in [4.78, 5) is 40.8. The maximum absolute atomic E-state index is 11.6. The van der Waals surface area contributed by atoms with Crippen molar-refractivity contribution in [1.29, 1.82) is 0 Å². The van der Waals surface area contributed by atoms with Gasteiger partial charge in [0, 0.05) is 6.42 Å². The first-order valence-corrected chi connectivity index (χ1v) is 7.38. The van der Waals surface area contributed by atoms with Gasteiger partial charge in [-0.3, -0.25) is 4.79 Å². The minimum absolute atomic E-state index is 0.0635. The molecule has 22 heavy (non-hydrogen) atoms. The maximum atomic E-state index is 11.6. The maximum Gasteiger partial charge on any atom is 0.414 e. The van der Waals surface area contributed by atoms with Gasteiger partial charge < -0.3 is 19.7 Å². The monoisotopic (exact) mass is 318 g/mol. The van der Waals surface area contributed by atoms with E-state index in [1.165, 1.54) is 19.8 Å². The highest BCUT2D eigenvalue weighted by Gasteiger charge is 2.20. The molecule has 7 nitrogen and oxygen atoms in total. The van der Waals surface area contributed by atoms with Crippen LogP contribution in [0, 0.1) is 5.92 Å². The zero-order chi connectivity index (χ0) is 17.5. The summed E-state index contributed by atoms with van der Waals surface area (Å²) in [5.74, 6) is -4.03. The lowest BCUT2D eigenvalue weighted by Crippen LogP contribution is -2.20. The van der Waals surface area contributed by atoms with Crippen molar-refractivity contribution in [3.05, 3.63) is 0 Å². The number of carboxylic acid groups (broad SMARTS) is 2. The summed E-state index contributed by atoms with van der Waals surface area (Å²) < 4.78 is 4.97. The van der Waals surface area contributed by atoms with Crippen molar-refractivity contribution in [3.8, 4) is 0 Å². The second-order valence-electron chi connectivity index (χ2n) is 4.81. The van der Waals surface area contributed by atoms with E-state index in [4.69, 9.17) is 24.5 Å². The molecule has 0 saturated carbocycles. The van der Waals surface area contributed by atoms with Gasteiger partial charge in [-0.05, 0) is 20.3 Å². The number of carbonyl (C=O) groups is 4. The Balaban J connectivity index is 0. The van der Waals surface area contributed by atoms with Crippen molar-refractivity contribution in [1.82, 2.24) is 0 Å². The smallest absolute Gasteiger partial charge is 0.414 e. The van der Waals surface area contributed by atoms with Crippen LogP contribution in [-0.2, 0) is 23.9 Å². The minimum atomic E-state index is -1.82. The average molecular weight is 318 g/mol. The largest absolute Gasteiger partial charge is 0.473 e. The SMILES string of the molecule is CCCCCCC(CC(C)=O)C(=O)OCC.O=C(O)C(=O)O. The Hall–Kier alpha value is -1.92. The first-order valence-electron chi connectivity index (χ1n) is 7.38. The van der Waals surface area contributed by atoms with Gasteiger partial charge in [0.25, 0.3) is 0 Å². The minimum Gasteiger partial charge on any atom is -0.473 e. The standard InChI is InChI=1S/C13H24O3.C2H2O4/c1-4-6-7-8-9-12(10-11(3)14)13(15)16-5-2;3-1(4)2(5)6/h12H,4-10H2,1-3H3;(H,3,4)(H,5,6). The molecule has 0 aliphatic heterocycles. The molecule has 0 bridgehead atoms. The van der Waals surface area contributed by atoms with E-state index in [9.17, 15) is 9.59 Å². The number of hydrogen-bond donors (Lipinski definition) is 2. The third-order valence-electron chi connectivity index (χ3n) is 2.74. The molecule has 0 aromatic rings. The highest BCUT2D eigenvalue weighted by molar-refractivity contribution is 6.27. The Bertz CT molecular complexity index is 351. The van der Waals surface area contributed by atoms with Crippen LogP contribution in [-0.4, -0.2) is 40.5 Å². The van der Waals surface area contributed by atoms with E-state index in [2.05, 4.69) is 6.92 Å². The van der Waals surface area contributed by atoms with E-state index in [0.29, 0.717) is 13.0 Å². The van der Waals surface area contributed by atoms with E-state index in [0.717, 1.165) is 19.3 Å². The molecule has 0 aliphatic rings. The van der Waals surface area contributed by atoms with Gasteiger partial charge in [-0.25, -0.2) is 9.59 Å². The molecule has 128 valence electrons. The van der Waals surface area contributed by atoms with Crippen molar-refractivity contribution in [2.24, 2.45) is 5.92 Å². The summed E-state index contributed by atoms with van der Waals surface area (Å²) >= 11 is 0. The van der Waals surface area contributed by atoms with Crippen molar-refractivity contribution in [3.63, 3.8) is 0 Å². The molecule has 7 heteroatoms. The first kappa shape index (κ1) is 22.4. The molecule has 1 atom stereocenters. The van der Waals surface area contributed by atoms with Crippen LogP contribution in [0.15, 0.2) is 0 Å². The topological polar surface area (TPSA) is 118 Å². The molecule has 0 heterocycles. The molecule has 2 N–H and O–H groups in total. The van der Waals surface area contributed by atoms with E-state index in [1.54, 1.807) is 6.92 Å². The number of carboxylic acids is 2. The Morgan fingerprint density at radius 2 is 1.50 bits per heavy atom. The predicted octanol–water partition coefficient (Wildman–Crippen LogP) is 2.27. The third-order valence-corrected chi connectivity index (χ3v) is 2.74. The lowest BCUT2D eigenvalue weighted by atomic mass is 9.96. The summed E-state index contributed by atoms with van der Waals surface area (Å²) in [6, 6.07) is 0. The molecule has 0 radical (unpaired) electrons. The Labute approximate surface area is 130 Å². The van der Waals surface area contributed by atoms with Gasteiger partial charge in [0.2, 0.25) is 0 Å². The Morgan fingerprint density at radius 3 is 1.86 bits per heavy atom. The number of hydrogen-bond acceptors (Lipinski definition) is 5. The summed E-state index contributed by atoms with van der Waals surface area (Å²) in [7, 11) is 0. The molecule has 1 unspecified atom stereocenters. The van der Waals surface area contributed by atoms with Crippen LogP contribution in [0.25, 0.3) is 0 Å². The molecule has 0 spiro atoms. The highest BCUT2D eigenvalue weighted by atomic mass is 16.5. The Kier molecular flexibility index (Phi) is 14.3. The van der Waals surface area contributed by atoms with Gasteiger partial charge in [0.05, 0.1) is 12.5 Å². The number of ketones is 1. The van der Waals surface area contributed by atoms with Crippen molar-refractivity contribution in [2.75, 3.05) is 6.61 Å². The fourth-order valence-corrected chi connectivity index (χ4v) is 1.73. The summed E-state index contributed by atoms with van der Waals surface area (Å²) in [5, 5.41) is 14.8. The van der Waals surface area contributed by atoms with E-state index in [1.807, 2.05) is 0 Å². The second-order valence-corrected chi connectivity index (χ2v) is 4.81. The molecule has 0 aliphatic carbocycles. The number of unbranched alkanes of at least 4 members (excludes halogenated alkanes) is 3. The highest BCUT2D eigenvalue weighted by Crippen LogP contribution is 2.16. The number of aliphatic carboxylic acids is 2. The van der Waals surface area contributed by atoms with Crippen LogP contribution in [0.2, 0.25) is 0 Å². The molecule has 0 saturated heterocycles.